The first-order valence-corrected chi connectivity index (χ1v) is 11.1. The van der Waals surface area contributed by atoms with Crippen LogP contribution in [0.4, 0.5) is 0 Å². The molecule has 3 heteroatoms. The topological polar surface area (TPSA) is 25.2 Å². The van der Waals surface area contributed by atoms with Gasteiger partial charge in [0.2, 0.25) is 5.91 Å². The molecule has 0 saturated heterocycles. The van der Waals surface area contributed by atoms with Crippen LogP contribution in [0.2, 0.25) is 0 Å². The Hall–Kier alpha value is -2.81. The predicted molar refractivity (Wildman–Crippen MR) is 122 cm³/mol. The molecule has 1 amide bonds. The maximum absolute atomic E-state index is 13.5. The molecule has 0 spiro atoms. The third-order valence-corrected chi connectivity index (χ3v) is 6.53. The van der Waals surface area contributed by atoms with E-state index in [1.54, 1.807) is 0 Å². The predicted octanol–water partition coefficient (Wildman–Crippen LogP) is 5.71. The second-order valence-corrected chi connectivity index (χ2v) is 8.92. The lowest BCUT2D eigenvalue weighted by Gasteiger charge is -2.32. The standard InChI is InChI=1S/C27H32N2O/c1-20(2)21(3)29(27(30)26-17-25(26)23-13-8-5-9-14-23)19-24-15-10-16-28(24)18-22-11-6-4-7-12-22/h4-16,20-21,25-26H,17-19H2,1-3H3/t21-,25-,26+/m1/s1. The van der Waals surface area contributed by atoms with Crippen LogP contribution in [0, 0.1) is 11.8 Å². The Morgan fingerprint density at radius 1 is 0.967 bits per heavy atom. The molecule has 1 saturated carbocycles. The Bertz CT molecular complexity index is 961. The Balaban J connectivity index is 1.52. The van der Waals surface area contributed by atoms with E-state index in [-0.39, 0.29) is 12.0 Å². The third-order valence-electron chi connectivity index (χ3n) is 6.53. The van der Waals surface area contributed by atoms with Crippen LogP contribution in [0.5, 0.6) is 0 Å². The maximum atomic E-state index is 13.5. The highest BCUT2D eigenvalue weighted by atomic mass is 16.2. The van der Waals surface area contributed by atoms with Gasteiger partial charge >= 0.3 is 0 Å². The fraction of sp³-hybridized carbons (Fsp3) is 0.370. The molecule has 0 unspecified atom stereocenters. The molecule has 4 rings (SSSR count). The van der Waals surface area contributed by atoms with Crippen molar-refractivity contribution in [3.8, 4) is 0 Å². The molecule has 30 heavy (non-hydrogen) atoms. The zero-order valence-electron chi connectivity index (χ0n) is 18.2. The van der Waals surface area contributed by atoms with Crippen LogP contribution in [-0.4, -0.2) is 21.4 Å². The van der Waals surface area contributed by atoms with E-state index < -0.39 is 0 Å². The van der Waals surface area contributed by atoms with E-state index in [4.69, 9.17) is 0 Å². The van der Waals surface area contributed by atoms with Gasteiger partial charge in [0, 0.05) is 30.4 Å². The summed E-state index contributed by atoms with van der Waals surface area (Å²) in [7, 11) is 0. The smallest absolute Gasteiger partial charge is 0.226 e. The van der Waals surface area contributed by atoms with E-state index in [9.17, 15) is 4.79 Å². The zero-order valence-corrected chi connectivity index (χ0v) is 18.2. The highest BCUT2D eigenvalue weighted by molar-refractivity contribution is 5.83. The number of carbonyl (C=O) groups is 1. The van der Waals surface area contributed by atoms with Gasteiger partial charge in [-0.1, -0.05) is 74.5 Å². The van der Waals surface area contributed by atoms with Crippen LogP contribution in [0.1, 0.15) is 49.9 Å². The van der Waals surface area contributed by atoms with Gasteiger partial charge in [0.25, 0.3) is 0 Å². The lowest BCUT2D eigenvalue weighted by molar-refractivity contribution is -0.136. The summed E-state index contributed by atoms with van der Waals surface area (Å²) in [6.45, 7) is 8.09. The first kappa shape index (κ1) is 20.5. The number of aromatic nitrogens is 1. The molecule has 2 aromatic carbocycles. The molecule has 0 N–H and O–H groups in total. The summed E-state index contributed by atoms with van der Waals surface area (Å²) >= 11 is 0. The molecule has 3 atom stereocenters. The highest BCUT2D eigenvalue weighted by Crippen LogP contribution is 2.48. The van der Waals surface area contributed by atoms with Crippen LogP contribution in [0.3, 0.4) is 0 Å². The van der Waals surface area contributed by atoms with Gasteiger partial charge in [-0.25, -0.2) is 0 Å². The summed E-state index contributed by atoms with van der Waals surface area (Å²) in [5.41, 5.74) is 3.76. The maximum Gasteiger partial charge on any atom is 0.226 e. The van der Waals surface area contributed by atoms with Gasteiger partial charge < -0.3 is 9.47 Å². The second-order valence-electron chi connectivity index (χ2n) is 8.92. The van der Waals surface area contributed by atoms with Crippen molar-refractivity contribution in [3.63, 3.8) is 0 Å². The van der Waals surface area contributed by atoms with Crippen LogP contribution in [-0.2, 0) is 17.9 Å². The molecule has 3 nitrogen and oxygen atoms in total. The van der Waals surface area contributed by atoms with Crippen molar-refractivity contribution >= 4 is 5.91 Å². The lowest BCUT2D eigenvalue weighted by Crippen LogP contribution is -2.42. The summed E-state index contributed by atoms with van der Waals surface area (Å²) in [5.74, 6) is 1.21. The van der Waals surface area contributed by atoms with Gasteiger partial charge in [-0.05, 0) is 48.4 Å². The highest BCUT2D eigenvalue weighted by Gasteiger charge is 2.46. The fourth-order valence-corrected chi connectivity index (χ4v) is 4.23. The summed E-state index contributed by atoms with van der Waals surface area (Å²) in [6.07, 6.45) is 3.09. The van der Waals surface area contributed by atoms with Crippen molar-refractivity contribution in [2.75, 3.05) is 0 Å². The van der Waals surface area contributed by atoms with E-state index in [0.29, 0.717) is 24.3 Å². The van der Waals surface area contributed by atoms with Crippen molar-refractivity contribution in [1.82, 2.24) is 9.47 Å². The quantitative estimate of drug-likeness (QED) is 0.475. The van der Waals surface area contributed by atoms with Crippen LogP contribution in [0.25, 0.3) is 0 Å². The van der Waals surface area contributed by atoms with Gasteiger partial charge in [0.15, 0.2) is 0 Å². The molecule has 1 fully saturated rings. The van der Waals surface area contributed by atoms with Crippen LogP contribution in [0.15, 0.2) is 79.0 Å². The summed E-state index contributed by atoms with van der Waals surface area (Å²) < 4.78 is 2.27. The SMILES string of the molecule is CC(C)[C@@H](C)N(Cc1cccn1Cc1ccccc1)C(=O)[C@H]1C[C@@H]1c1ccccc1. The first-order chi connectivity index (χ1) is 14.5. The van der Waals surface area contributed by atoms with Crippen molar-refractivity contribution in [1.29, 1.82) is 0 Å². The van der Waals surface area contributed by atoms with Crippen LogP contribution >= 0.6 is 0 Å². The molecule has 1 aliphatic rings. The monoisotopic (exact) mass is 400 g/mol. The number of carbonyl (C=O) groups excluding carboxylic acids is 1. The van der Waals surface area contributed by atoms with E-state index in [1.165, 1.54) is 16.8 Å². The molecule has 3 aromatic rings. The number of hydrogen-bond acceptors (Lipinski definition) is 1. The molecule has 0 bridgehead atoms. The molecule has 0 aliphatic heterocycles. The third kappa shape index (κ3) is 4.51. The second kappa shape index (κ2) is 8.91. The number of amides is 1. The first-order valence-electron chi connectivity index (χ1n) is 11.1. The average Bonchev–Trinajstić information content (AvgIpc) is 3.46. The Morgan fingerprint density at radius 3 is 2.30 bits per heavy atom. The van der Waals surface area contributed by atoms with Crippen LogP contribution < -0.4 is 0 Å². The van der Waals surface area contributed by atoms with Gasteiger partial charge in [-0.2, -0.15) is 0 Å². The molecule has 156 valence electrons. The largest absolute Gasteiger partial charge is 0.345 e. The number of hydrogen-bond donors (Lipinski definition) is 0. The summed E-state index contributed by atoms with van der Waals surface area (Å²) in [5, 5.41) is 0. The van der Waals surface area contributed by atoms with Gasteiger partial charge in [0.05, 0.1) is 6.54 Å². The Kier molecular flexibility index (Phi) is 6.08. The van der Waals surface area contributed by atoms with Crippen molar-refractivity contribution < 1.29 is 4.79 Å². The van der Waals surface area contributed by atoms with Crippen molar-refractivity contribution in [3.05, 3.63) is 95.8 Å². The minimum Gasteiger partial charge on any atom is -0.345 e. The minimum absolute atomic E-state index is 0.117. The summed E-state index contributed by atoms with van der Waals surface area (Å²) in [4.78, 5) is 15.7. The van der Waals surface area contributed by atoms with E-state index in [2.05, 4.69) is 97.1 Å². The Morgan fingerprint density at radius 2 is 1.63 bits per heavy atom. The van der Waals surface area contributed by atoms with Gasteiger partial charge in [-0.15, -0.1) is 0 Å². The molecule has 1 heterocycles. The molecular weight excluding hydrogens is 368 g/mol. The van der Waals surface area contributed by atoms with E-state index in [1.807, 2.05) is 12.1 Å². The average molecular weight is 401 g/mol. The molecule has 1 aromatic heterocycles. The number of nitrogens with zero attached hydrogens (tertiary/aromatic N) is 2. The molecule has 1 aliphatic carbocycles. The van der Waals surface area contributed by atoms with Gasteiger partial charge in [0.1, 0.15) is 0 Å². The zero-order chi connectivity index (χ0) is 21.1. The lowest BCUT2D eigenvalue weighted by atomic mass is 10.0. The number of rotatable bonds is 8. The number of benzene rings is 2. The van der Waals surface area contributed by atoms with Crippen molar-refractivity contribution in [2.24, 2.45) is 11.8 Å². The minimum atomic E-state index is 0.117. The summed E-state index contributed by atoms with van der Waals surface area (Å²) in [6, 6.07) is 25.4. The fourth-order valence-electron chi connectivity index (χ4n) is 4.23. The molecule has 0 radical (unpaired) electrons. The van der Waals surface area contributed by atoms with Crippen molar-refractivity contribution in [2.45, 2.75) is 52.2 Å². The van der Waals surface area contributed by atoms with E-state index >= 15 is 0 Å². The molecular formula is C27H32N2O. The van der Waals surface area contributed by atoms with Gasteiger partial charge in [-0.3, -0.25) is 4.79 Å². The Labute approximate surface area is 180 Å². The van der Waals surface area contributed by atoms with E-state index in [0.717, 1.165) is 13.0 Å². The normalized spacial score (nSPS) is 18.9.